The van der Waals surface area contributed by atoms with Crippen molar-refractivity contribution in [1.29, 1.82) is 5.41 Å². The predicted molar refractivity (Wildman–Crippen MR) is 76.2 cm³/mol. The largest absolute Gasteiger partial charge is 0.434 e. The first-order valence-corrected chi connectivity index (χ1v) is 6.12. The summed E-state index contributed by atoms with van der Waals surface area (Å²) in [5, 5.41) is 17.8. The average molecular weight is 328 g/mol. The second kappa shape index (κ2) is 5.90. The topological polar surface area (TPSA) is 128 Å². The van der Waals surface area contributed by atoms with Gasteiger partial charge in [0, 0.05) is 12.1 Å². The zero-order valence-corrected chi connectivity index (χ0v) is 11.7. The van der Waals surface area contributed by atoms with E-state index < -0.39 is 4.92 Å². The van der Waals surface area contributed by atoms with Gasteiger partial charge in [0.05, 0.1) is 27.4 Å². The standard InChI is InChI=1S/C11H7Cl2N5O3/c12-6-1-5(18(19)20)2-7(13)10(6)21-9-4-16-8(3-17-9)11(14)15/h1-4H,(H3,14,15). The molecule has 0 atom stereocenters. The van der Waals surface area contributed by atoms with Gasteiger partial charge < -0.3 is 10.5 Å². The number of nitrogens with one attached hydrogen (secondary N) is 1. The highest BCUT2D eigenvalue weighted by atomic mass is 35.5. The number of hydrogen-bond acceptors (Lipinski definition) is 6. The lowest BCUT2D eigenvalue weighted by atomic mass is 10.3. The van der Waals surface area contributed by atoms with Crippen LogP contribution in [0.1, 0.15) is 5.69 Å². The van der Waals surface area contributed by atoms with Gasteiger partial charge in [0.25, 0.3) is 5.69 Å². The number of rotatable bonds is 4. The van der Waals surface area contributed by atoms with Crippen molar-refractivity contribution in [1.82, 2.24) is 9.97 Å². The van der Waals surface area contributed by atoms with Crippen molar-refractivity contribution in [2.45, 2.75) is 0 Å². The molecule has 0 amide bonds. The molecule has 108 valence electrons. The Morgan fingerprint density at radius 3 is 2.33 bits per heavy atom. The molecule has 0 aliphatic rings. The van der Waals surface area contributed by atoms with Crippen molar-refractivity contribution < 1.29 is 9.66 Å². The quantitative estimate of drug-likeness (QED) is 0.384. The normalized spacial score (nSPS) is 10.2. The number of halogens is 2. The van der Waals surface area contributed by atoms with E-state index in [1.54, 1.807) is 0 Å². The van der Waals surface area contributed by atoms with Crippen molar-refractivity contribution in [2.75, 3.05) is 0 Å². The van der Waals surface area contributed by atoms with E-state index in [0.717, 1.165) is 12.1 Å². The van der Waals surface area contributed by atoms with Gasteiger partial charge in [-0.3, -0.25) is 15.5 Å². The second-order valence-electron chi connectivity index (χ2n) is 3.75. The van der Waals surface area contributed by atoms with E-state index >= 15 is 0 Å². The van der Waals surface area contributed by atoms with Crippen molar-refractivity contribution in [3.63, 3.8) is 0 Å². The first kappa shape index (κ1) is 14.9. The molecule has 21 heavy (non-hydrogen) atoms. The van der Waals surface area contributed by atoms with Gasteiger partial charge in [-0.15, -0.1) is 0 Å². The van der Waals surface area contributed by atoms with Gasteiger partial charge in [0.2, 0.25) is 5.88 Å². The maximum absolute atomic E-state index is 10.7. The molecular weight excluding hydrogens is 321 g/mol. The van der Waals surface area contributed by atoms with Crippen molar-refractivity contribution in [3.8, 4) is 11.6 Å². The summed E-state index contributed by atoms with van der Waals surface area (Å²) >= 11 is 11.8. The van der Waals surface area contributed by atoms with Crippen LogP contribution in [0.25, 0.3) is 0 Å². The molecule has 8 nitrogen and oxygen atoms in total. The Labute approximate surface area is 128 Å². The Balaban J connectivity index is 2.31. The minimum absolute atomic E-state index is 0.0220. The van der Waals surface area contributed by atoms with Crippen molar-refractivity contribution >= 4 is 34.7 Å². The highest BCUT2D eigenvalue weighted by Gasteiger charge is 2.17. The van der Waals surface area contributed by atoms with Crippen molar-refractivity contribution in [2.24, 2.45) is 5.73 Å². The van der Waals surface area contributed by atoms with Crippen LogP contribution < -0.4 is 10.5 Å². The predicted octanol–water partition coefficient (Wildman–Crippen LogP) is 2.77. The number of nitrogens with two attached hydrogens (primary N) is 1. The van der Waals surface area contributed by atoms with Crippen LogP contribution in [-0.4, -0.2) is 20.7 Å². The fourth-order valence-corrected chi connectivity index (χ4v) is 1.91. The lowest BCUT2D eigenvalue weighted by Gasteiger charge is -2.08. The van der Waals surface area contributed by atoms with E-state index in [0.29, 0.717) is 0 Å². The number of nitro groups is 1. The molecule has 2 aromatic rings. The Bertz CT molecular complexity index is 697. The van der Waals surface area contributed by atoms with Gasteiger partial charge >= 0.3 is 0 Å². The average Bonchev–Trinajstić information content (AvgIpc) is 2.43. The first-order valence-electron chi connectivity index (χ1n) is 5.36. The molecule has 0 spiro atoms. The summed E-state index contributed by atoms with van der Waals surface area (Å²) in [7, 11) is 0. The third-order valence-corrected chi connectivity index (χ3v) is 2.87. The Morgan fingerprint density at radius 1 is 1.29 bits per heavy atom. The molecule has 10 heteroatoms. The van der Waals surface area contributed by atoms with E-state index in [4.69, 9.17) is 39.1 Å². The molecule has 2 rings (SSSR count). The molecule has 0 aliphatic carbocycles. The number of nitrogen functional groups attached to an aromatic ring is 1. The Morgan fingerprint density at radius 2 is 1.90 bits per heavy atom. The number of nitro benzene ring substituents is 1. The number of aromatic nitrogens is 2. The molecule has 0 saturated heterocycles. The maximum Gasteiger partial charge on any atom is 0.272 e. The van der Waals surface area contributed by atoms with E-state index in [1.165, 1.54) is 12.4 Å². The molecule has 1 heterocycles. The molecular formula is C11H7Cl2N5O3. The van der Waals surface area contributed by atoms with Crippen LogP contribution >= 0.6 is 23.2 Å². The summed E-state index contributed by atoms with van der Waals surface area (Å²) in [5.74, 6) is -0.160. The van der Waals surface area contributed by atoms with E-state index in [2.05, 4.69) is 9.97 Å². The Kier molecular flexibility index (Phi) is 4.20. The summed E-state index contributed by atoms with van der Waals surface area (Å²) in [4.78, 5) is 17.8. The maximum atomic E-state index is 10.7. The summed E-state index contributed by atoms with van der Waals surface area (Å²) in [6.07, 6.45) is 2.47. The SMILES string of the molecule is N=C(N)c1cnc(Oc2c(Cl)cc([N+](=O)[O-])cc2Cl)cn1. The number of non-ortho nitro benzene ring substituents is 1. The fourth-order valence-electron chi connectivity index (χ4n) is 1.36. The van der Waals surface area contributed by atoms with Gasteiger partial charge in [0.15, 0.2) is 5.75 Å². The molecule has 1 aromatic heterocycles. The van der Waals surface area contributed by atoms with Crippen LogP contribution in [-0.2, 0) is 0 Å². The van der Waals surface area contributed by atoms with Crippen LogP contribution in [0.4, 0.5) is 5.69 Å². The highest BCUT2D eigenvalue weighted by molar-refractivity contribution is 6.37. The second-order valence-corrected chi connectivity index (χ2v) is 4.57. The number of hydrogen-bond donors (Lipinski definition) is 2. The third-order valence-electron chi connectivity index (χ3n) is 2.30. The van der Waals surface area contributed by atoms with Crippen LogP contribution in [0, 0.1) is 15.5 Å². The number of amidine groups is 1. The summed E-state index contributed by atoms with van der Waals surface area (Å²) < 4.78 is 5.34. The number of nitrogens with zero attached hydrogens (tertiary/aromatic N) is 3. The van der Waals surface area contributed by atoms with E-state index in [-0.39, 0.29) is 38.9 Å². The molecule has 0 unspecified atom stereocenters. The zero-order chi connectivity index (χ0) is 15.6. The minimum Gasteiger partial charge on any atom is -0.434 e. The highest BCUT2D eigenvalue weighted by Crippen LogP contribution is 2.38. The molecule has 3 N–H and O–H groups in total. The molecule has 0 radical (unpaired) electrons. The summed E-state index contributed by atoms with van der Waals surface area (Å²) in [5.41, 5.74) is 5.17. The van der Waals surface area contributed by atoms with E-state index in [1.807, 2.05) is 0 Å². The van der Waals surface area contributed by atoms with E-state index in [9.17, 15) is 10.1 Å². The van der Waals surface area contributed by atoms with Crippen LogP contribution in [0.15, 0.2) is 24.5 Å². The molecule has 0 fully saturated rings. The molecule has 0 saturated carbocycles. The van der Waals surface area contributed by atoms with Gasteiger partial charge in [0.1, 0.15) is 11.5 Å². The van der Waals surface area contributed by atoms with Gasteiger partial charge in [-0.05, 0) is 0 Å². The number of benzene rings is 1. The van der Waals surface area contributed by atoms with Crippen molar-refractivity contribution in [3.05, 3.63) is 50.4 Å². The van der Waals surface area contributed by atoms with Gasteiger partial charge in [-0.25, -0.2) is 9.97 Å². The smallest absolute Gasteiger partial charge is 0.272 e. The van der Waals surface area contributed by atoms with Crippen LogP contribution in [0.2, 0.25) is 10.0 Å². The van der Waals surface area contributed by atoms with Gasteiger partial charge in [-0.2, -0.15) is 0 Å². The minimum atomic E-state index is -0.622. The fraction of sp³-hybridized carbons (Fsp3) is 0. The number of ether oxygens (including phenoxy) is 1. The first-order chi connectivity index (χ1) is 9.88. The lowest BCUT2D eigenvalue weighted by molar-refractivity contribution is -0.384. The summed E-state index contributed by atoms with van der Waals surface area (Å²) in [6, 6.07) is 2.22. The molecule has 0 bridgehead atoms. The Hall–Kier alpha value is -2.45. The van der Waals surface area contributed by atoms with Crippen LogP contribution in [0.3, 0.4) is 0 Å². The molecule has 1 aromatic carbocycles. The monoisotopic (exact) mass is 327 g/mol. The van der Waals surface area contributed by atoms with Gasteiger partial charge in [-0.1, -0.05) is 23.2 Å². The summed E-state index contributed by atoms with van der Waals surface area (Å²) in [6.45, 7) is 0. The third kappa shape index (κ3) is 3.36. The van der Waals surface area contributed by atoms with Crippen LogP contribution in [0.5, 0.6) is 11.6 Å². The lowest BCUT2D eigenvalue weighted by Crippen LogP contribution is -2.13. The zero-order valence-electron chi connectivity index (χ0n) is 10.2. The molecule has 0 aliphatic heterocycles.